The maximum absolute atomic E-state index is 10.7. The molecule has 0 aromatic heterocycles. The molecule has 1 aromatic rings. The number of hydrogen-bond acceptors (Lipinski definition) is 2. The van der Waals surface area contributed by atoms with Crippen LogP contribution in [-0.2, 0) is 10.8 Å². The smallest absolute Gasteiger partial charge is 0.124 e. The van der Waals surface area contributed by atoms with Gasteiger partial charge >= 0.3 is 0 Å². The van der Waals surface area contributed by atoms with Crippen LogP contribution in [0.4, 0.5) is 0 Å². The Balaban J connectivity index is 0.00000220. The quantitative estimate of drug-likeness (QED) is 0.778. The molecule has 0 bridgehead atoms. The van der Waals surface area contributed by atoms with E-state index < -0.39 is 0 Å². The second-order valence-corrected chi connectivity index (χ2v) is 8.11. The first kappa shape index (κ1) is 18.3. The molecule has 1 saturated heterocycles. The number of rotatable bonds is 1. The first-order chi connectivity index (χ1) is 9.10. The van der Waals surface area contributed by atoms with Crippen molar-refractivity contribution in [2.75, 3.05) is 6.54 Å². The van der Waals surface area contributed by atoms with Gasteiger partial charge in [0.2, 0.25) is 0 Å². The Morgan fingerprint density at radius 1 is 1.05 bits per heavy atom. The van der Waals surface area contributed by atoms with Crippen LogP contribution in [0.25, 0.3) is 0 Å². The van der Waals surface area contributed by atoms with E-state index in [1.165, 1.54) is 12.0 Å². The third kappa shape index (κ3) is 3.92. The minimum atomic E-state index is -0.0430. The highest BCUT2D eigenvalue weighted by Crippen LogP contribution is 2.41. The molecular weight excluding hydrogens is 282 g/mol. The van der Waals surface area contributed by atoms with Crippen molar-refractivity contribution >= 4 is 12.4 Å². The number of phenols is 1. The van der Waals surface area contributed by atoms with E-state index in [-0.39, 0.29) is 23.2 Å². The molecule has 1 fully saturated rings. The maximum Gasteiger partial charge on any atom is 0.124 e. The van der Waals surface area contributed by atoms with Crippen LogP contribution >= 0.6 is 12.4 Å². The highest BCUT2D eigenvalue weighted by atomic mass is 35.5. The van der Waals surface area contributed by atoms with Gasteiger partial charge in [-0.15, -0.1) is 12.4 Å². The van der Waals surface area contributed by atoms with Crippen LogP contribution in [0, 0.1) is 0 Å². The second kappa shape index (κ2) is 6.18. The van der Waals surface area contributed by atoms with E-state index in [1.807, 2.05) is 0 Å². The molecule has 0 radical (unpaired) electrons. The lowest BCUT2D eigenvalue weighted by Crippen LogP contribution is -2.20. The summed E-state index contributed by atoms with van der Waals surface area (Å²) in [6.07, 6.45) is 2.31. The number of hydrogen-bond donors (Lipinski definition) is 2. The third-order valence-electron chi connectivity index (χ3n) is 4.25. The zero-order valence-corrected chi connectivity index (χ0v) is 15.0. The van der Waals surface area contributed by atoms with E-state index in [0.29, 0.717) is 11.8 Å². The summed E-state index contributed by atoms with van der Waals surface area (Å²) in [5, 5.41) is 14.2. The van der Waals surface area contributed by atoms with Gasteiger partial charge in [0.1, 0.15) is 5.75 Å². The van der Waals surface area contributed by atoms with Gasteiger partial charge in [-0.05, 0) is 47.4 Å². The molecule has 2 N–H and O–H groups in total. The Hall–Kier alpha value is -0.730. The molecule has 120 valence electrons. The summed E-state index contributed by atoms with van der Waals surface area (Å²) in [6.45, 7) is 14.3. The van der Waals surface area contributed by atoms with Gasteiger partial charge in [-0.3, -0.25) is 0 Å². The average molecular weight is 312 g/mol. The van der Waals surface area contributed by atoms with Gasteiger partial charge in [0, 0.05) is 11.6 Å². The maximum atomic E-state index is 10.7. The standard InChI is InChI=1S/C18H29NO.ClH/c1-17(2,3)12-10-13(15-8-7-9-19-15)16(20)14(11-12)18(4,5)6;/h10-11,15,19-20H,7-9H2,1-6H3;1H/t15-;/m0./s1. The van der Waals surface area contributed by atoms with Crippen LogP contribution in [0.1, 0.15) is 77.1 Å². The Morgan fingerprint density at radius 2 is 1.67 bits per heavy atom. The minimum Gasteiger partial charge on any atom is -0.507 e. The van der Waals surface area contributed by atoms with Gasteiger partial charge in [-0.2, -0.15) is 0 Å². The topological polar surface area (TPSA) is 32.3 Å². The Morgan fingerprint density at radius 3 is 2.10 bits per heavy atom. The van der Waals surface area contributed by atoms with Crippen molar-refractivity contribution in [2.24, 2.45) is 0 Å². The van der Waals surface area contributed by atoms with Crippen LogP contribution < -0.4 is 5.32 Å². The van der Waals surface area contributed by atoms with Gasteiger partial charge in [0.05, 0.1) is 0 Å². The Kier molecular flexibility index (Phi) is 5.39. The van der Waals surface area contributed by atoms with Gasteiger partial charge in [-0.25, -0.2) is 0 Å². The Labute approximate surface area is 135 Å². The van der Waals surface area contributed by atoms with Gasteiger partial charge in [0.15, 0.2) is 0 Å². The van der Waals surface area contributed by atoms with Crippen molar-refractivity contribution in [3.63, 3.8) is 0 Å². The Bertz CT molecular complexity index is 491. The monoisotopic (exact) mass is 311 g/mol. The minimum absolute atomic E-state index is 0. The fourth-order valence-electron chi connectivity index (χ4n) is 2.88. The zero-order valence-electron chi connectivity index (χ0n) is 14.2. The summed E-state index contributed by atoms with van der Waals surface area (Å²) >= 11 is 0. The number of benzene rings is 1. The predicted octanol–water partition coefficient (Wildman–Crippen LogP) is 4.83. The van der Waals surface area contributed by atoms with Crippen molar-refractivity contribution in [1.29, 1.82) is 0 Å². The lowest BCUT2D eigenvalue weighted by molar-refractivity contribution is 0.429. The molecule has 0 amide bonds. The van der Waals surface area contributed by atoms with Crippen molar-refractivity contribution in [3.05, 3.63) is 28.8 Å². The van der Waals surface area contributed by atoms with Crippen LogP contribution in [0.2, 0.25) is 0 Å². The van der Waals surface area contributed by atoms with E-state index in [2.05, 4.69) is 59.0 Å². The lowest BCUT2D eigenvalue weighted by atomic mass is 9.78. The first-order valence-electron chi connectivity index (χ1n) is 7.72. The van der Waals surface area contributed by atoms with Gasteiger partial charge in [0.25, 0.3) is 0 Å². The van der Waals surface area contributed by atoms with E-state index >= 15 is 0 Å². The molecule has 0 unspecified atom stereocenters. The molecule has 1 aliphatic heterocycles. The van der Waals surface area contributed by atoms with Crippen LogP contribution in [-0.4, -0.2) is 11.7 Å². The molecule has 1 heterocycles. The predicted molar refractivity (Wildman–Crippen MR) is 92.7 cm³/mol. The molecule has 0 saturated carbocycles. The molecule has 21 heavy (non-hydrogen) atoms. The number of aromatic hydroxyl groups is 1. The summed E-state index contributed by atoms with van der Waals surface area (Å²) in [6, 6.07) is 4.69. The third-order valence-corrected chi connectivity index (χ3v) is 4.25. The molecule has 2 rings (SSSR count). The van der Waals surface area contributed by atoms with E-state index in [4.69, 9.17) is 0 Å². The number of halogens is 1. The average Bonchev–Trinajstić information content (AvgIpc) is 2.79. The van der Waals surface area contributed by atoms with Crippen LogP contribution in [0.5, 0.6) is 5.75 Å². The van der Waals surface area contributed by atoms with Crippen LogP contribution in [0.3, 0.4) is 0 Å². The summed E-state index contributed by atoms with van der Waals surface area (Å²) in [4.78, 5) is 0. The molecule has 3 heteroatoms. The van der Waals surface area contributed by atoms with E-state index in [9.17, 15) is 5.11 Å². The van der Waals surface area contributed by atoms with Gasteiger partial charge in [-0.1, -0.05) is 47.6 Å². The molecule has 0 aliphatic carbocycles. The normalized spacial score (nSPS) is 19.4. The zero-order chi connectivity index (χ0) is 15.1. The number of phenolic OH excluding ortho intramolecular Hbond substituents is 1. The fraction of sp³-hybridized carbons (Fsp3) is 0.667. The first-order valence-corrected chi connectivity index (χ1v) is 7.72. The number of nitrogens with one attached hydrogen (secondary N) is 1. The van der Waals surface area contributed by atoms with E-state index in [1.54, 1.807) is 0 Å². The van der Waals surface area contributed by atoms with Crippen molar-refractivity contribution in [1.82, 2.24) is 5.32 Å². The van der Waals surface area contributed by atoms with Crippen molar-refractivity contribution in [3.8, 4) is 5.75 Å². The molecular formula is C18H30ClNO. The largest absolute Gasteiger partial charge is 0.507 e. The van der Waals surface area contributed by atoms with E-state index in [0.717, 1.165) is 24.1 Å². The molecule has 1 atom stereocenters. The summed E-state index contributed by atoms with van der Waals surface area (Å²) in [7, 11) is 0. The van der Waals surface area contributed by atoms with Crippen molar-refractivity contribution in [2.45, 2.75) is 71.3 Å². The fourth-order valence-corrected chi connectivity index (χ4v) is 2.88. The summed E-state index contributed by atoms with van der Waals surface area (Å²) in [5.41, 5.74) is 3.51. The van der Waals surface area contributed by atoms with Crippen molar-refractivity contribution < 1.29 is 5.11 Å². The molecule has 0 spiro atoms. The highest BCUT2D eigenvalue weighted by Gasteiger charge is 2.28. The summed E-state index contributed by atoms with van der Waals surface area (Å²) in [5.74, 6) is 0.491. The molecule has 1 aromatic carbocycles. The van der Waals surface area contributed by atoms with Crippen LogP contribution in [0.15, 0.2) is 12.1 Å². The molecule has 2 nitrogen and oxygen atoms in total. The lowest BCUT2D eigenvalue weighted by Gasteiger charge is -2.29. The molecule has 1 aliphatic rings. The SMILES string of the molecule is CC(C)(C)c1cc([C@@H]2CCCN2)c(O)c(C(C)(C)C)c1.Cl. The second-order valence-electron chi connectivity index (χ2n) is 8.11. The summed E-state index contributed by atoms with van der Waals surface area (Å²) < 4.78 is 0. The highest BCUT2D eigenvalue weighted by molar-refractivity contribution is 5.85. The van der Waals surface area contributed by atoms with Gasteiger partial charge < -0.3 is 10.4 Å².